The first-order chi connectivity index (χ1) is 6.72. The lowest BCUT2D eigenvalue weighted by Gasteiger charge is -2.08. The summed E-state index contributed by atoms with van der Waals surface area (Å²) in [5.41, 5.74) is 0.910. The second-order valence-corrected chi connectivity index (χ2v) is 3.02. The Morgan fingerprint density at radius 1 is 1.21 bits per heavy atom. The van der Waals surface area contributed by atoms with Gasteiger partial charge in [-0.15, -0.1) is 0 Å². The van der Waals surface area contributed by atoms with E-state index in [1.54, 1.807) is 24.3 Å². The maximum absolute atomic E-state index is 8.99. The summed E-state index contributed by atoms with van der Waals surface area (Å²) in [6, 6.07) is 6.61. The van der Waals surface area contributed by atoms with E-state index < -0.39 is 6.10 Å². The third-order valence-corrected chi connectivity index (χ3v) is 1.73. The van der Waals surface area contributed by atoms with E-state index in [2.05, 4.69) is 0 Å². The number of aliphatic hydroxyl groups is 2. The molecule has 1 aromatic rings. The molecular formula is C10H14O4. The fourth-order valence-electron chi connectivity index (χ4n) is 0.958. The second kappa shape index (κ2) is 5.59. The van der Waals surface area contributed by atoms with Crippen LogP contribution in [0.2, 0.25) is 0 Å². The molecule has 0 bridgehead atoms. The molecule has 0 aromatic heterocycles. The number of benzene rings is 1. The highest BCUT2D eigenvalue weighted by Crippen LogP contribution is 2.10. The van der Waals surface area contributed by atoms with Crippen LogP contribution in [0.15, 0.2) is 24.3 Å². The van der Waals surface area contributed by atoms with Crippen molar-refractivity contribution in [2.24, 2.45) is 0 Å². The van der Waals surface area contributed by atoms with Crippen molar-refractivity contribution in [3.63, 3.8) is 0 Å². The van der Waals surface area contributed by atoms with Crippen molar-refractivity contribution >= 4 is 0 Å². The summed E-state index contributed by atoms with van der Waals surface area (Å²) in [5, 5.41) is 26.5. The molecule has 0 aliphatic heterocycles. The second-order valence-electron chi connectivity index (χ2n) is 3.02. The molecule has 1 unspecified atom stereocenters. The van der Waals surface area contributed by atoms with Crippen molar-refractivity contribution in [2.45, 2.75) is 12.7 Å². The lowest BCUT2D eigenvalue weighted by Crippen LogP contribution is -2.19. The molecule has 0 radical (unpaired) electrons. The van der Waals surface area contributed by atoms with Crippen LogP contribution in [0.5, 0.6) is 5.75 Å². The van der Waals surface area contributed by atoms with E-state index in [9.17, 15) is 0 Å². The molecule has 0 saturated heterocycles. The normalized spacial score (nSPS) is 12.7. The van der Waals surface area contributed by atoms with Gasteiger partial charge >= 0.3 is 0 Å². The van der Waals surface area contributed by atoms with Gasteiger partial charge in [0.05, 0.1) is 19.8 Å². The number of aromatic hydroxyl groups is 1. The van der Waals surface area contributed by atoms with E-state index in [0.29, 0.717) is 6.61 Å². The Kier molecular flexibility index (Phi) is 4.39. The van der Waals surface area contributed by atoms with Gasteiger partial charge in [0.1, 0.15) is 11.9 Å². The molecule has 4 nitrogen and oxygen atoms in total. The van der Waals surface area contributed by atoms with E-state index in [0.717, 1.165) is 5.56 Å². The number of hydrogen-bond acceptors (Lipinski definition) is 4. The highest BCUT2D eigenvalue weighted by molar-refractivity contribution is 5.25. The van der Waals surface area contributed by atoms with Crippen LogP contribution < -0.4 is 0 Å². The lowest BCUT2D eigenvalue weighted by molar-refractivity contribution is 0.0000175. The van der Waals surface area contributed by atoms with Gasteiger partial charge < -0.3 is 20.1 Å². The van der Waals surface area contributed by atoms with Crippen LogP contribution in [0.1, 0.15) is 5.56 Å². The standard InChI is InChI=1S/C10H14O4/c11-5-10(13)7-14-6-8-1-3-9(12)4-2-8/h1-4,10-13H,5-7H2. The third-order valence-electron chi connectivity index (χ3n) is 1.73. The molecule has 4 heteroatoms. The van der Waals surface area contributed by atoms with Gasteiger partial charge in [0.2, 0.25) is 0 Å². The van der Waals surface area contributed by atoms with E-state index in [1.165, 1.54) is 0 Å². The number of rotatable bonds is 5. The maximum atomic E-state index is 8.99. The lowest BCUT2D eigenvalue weighted by atomic mass is 10.2. The third kappa shape index (κ3) is 3.74. The Hall–Kier alpha value is -1.10. The summed E-state index contributed by atoms with van der Waals surface area (Å²) in [4.78, 5) is 0. The van der Waals surface area contributed by atoms with E-state index >= 15 is 0 Å². The maximum Gasteiger partial charge on any atom is 0.115 e. The van der Waals surface area contributed by atoms with Gasteiger partial charge in [-0.1, -0.05) is 12.1 Å². The van der Waals surface area contributed by atoms with Gasteiger partial charge in [0, 0.05) is 0 Å². The van der Waals surface area contributed by atoms with Gasteiger partial charge in [0.15, 0.2) is 0 Å². The van der Waals surface area contributed by atoms with Crippen LogP contribution in [-0.4, -0.2) is 34.6 Å². The monoisotopic (exact) mass is 198 g/mol. The van der Waals surface area contributed by atoms with E-state index in [4.69, 9.17) is 20.1 Å². The van der Waals surface area contributed by atoms with Gasteiger partial charge in [-0.2, -0.15) is 0 Å². The minimum absolute atomic E-state index is 0.109. The molecule has 78 valence electrons. The predicted octanol–water partition coefficient (Wildman–Crippen LogP) is 0.262. The first-order valence-electron chi connectivity index (χ1n) is 4.37. The Morgan fingerprint density at radius 3 is 2.43 bits per heavy atom. The highest BCUT2D eigenvalue weighted by Gasteiger charge is 2.01. The Labute approximate surface area is 82.4 Å². The molecule has 1 rings (SSSR count). The molecule has 0 aliphatic carbocycles. The van der Waals surface area contributed by atoms with Crippen molar-refractivity contribution in [1.82, 2.24) is 0 Å². The summed E-state index contributed by atoms with van der Waals surface area (Å²) in [6.07, 6.45) is -0.827. The molecular weight excluding hydrogens is 184 g/mol. The molecule has 0 heterocycles. The summed E-state index contributed by atoms with van der Waals surface area (Å²) >= 11 is 0. The molecule has 0 spiro atoms. The molecule has 1 aromatic carbocycles. The van der Waals surface area contributed by atoms with Crippen LogP contribution in [0.25, 0.3) is 0 Å². The minimum atomic E-state index is -0.827. The predicted molar refractivity (Wildman–Crippen MR) is 50.9 cm³/mol. The Morgan fingerprint density at radius 2 is 1.86 bits per heavy atom. The first-order valence-corrected chi connectivity index (χ1v) is 4.37. The molecule has 1 atom stereocenters. The van der Waals surface area contributed by atoms with Crippen LogP contribution in [0, 0.1) is 0 Å². The summed E-state index contributed by atoms with van der Waals surface area (Å²) in [6.45, 7) is 0.171. The fraction of sp³-hybridized carbons (Fsp3) is 0.400. The van der Waals surface area contributed by atoms with Crippen LogP contribution >= 0.6 is 0 Å². The fourth-order valence-corrected chi connectivity index (χ4v) is 0.958. The van der Waals surface area contributed by atoms with E-state index in [1.807, 2.05) is 0 Å². The van der Waals surface area contributed by atoms with Crippen molar-refractivity contribution in [1.29, 1.82) is 0 Å². The van der Waals surface area contributed by atoms with Gasteiger partial charge in [-0.25, -0.2) is 0 Å². The molecule has 0 saturated carbocycles. The number of ether oxygens (including phenoxy) is 1. The number of aliphatic hydroxyl groups excluding tert-OH is 2. The zero-order chi connectivity index (χ0) is 10.4. The van der Waals surface area contributed by atoms with Gasteiger partial charge in [-0.3, -0.25) is 0 Å². The van der Waals surface area contributed by atoms with Crippen molar-refractivity contribution < 1.29 is 20.1 Å². The van der Waals surface area contributed by atoms with Crippen LogP contribution in [0.4, 0.5) is 0 Å². The van der Waals surface area contributed by atoms with Crippen molar-refractivity contribution in [3.8, 4) is 5.75 Å². The Bertz CT molecular complexity index is 257. The average molecular weight is 198 g/mol. The zero-order valence-corrected chi connectivity index (χ0v) is 7.76. The molecule has 0 fully saturated rings. The highest BCUT2D eigenvalue weighted by atomic mass is 16.5. The summed E-state index contributed by atoms with van der Waals surface area (Å²) in [5.74, 6) is 0.212. The summed E-state index contributed by atoms with van der Waals surface area (Å²) in [7, 11) is 0. The molecule has 0 aliphatic rings. The molecule has 14 heavy (non-hydrogen) atoms. The van der Waals surface area contributed by atoms with E-state index in [-0.39, 0.29) is 19.0 Å². The summed E-state index contributed by atoms with van der Waals surface area (Å²) < 4.78 is 5.12. The molecule has 3 N–H and O–H groups in total. The van der Waals surface area contributed by atoms with Crippen LogP contribution in [-0.2, 0) is 11.3 Å². The largest absolute Gasteiger partial charge is 0.508 e. The Balaban J connectivity index is 2.28. The number of phenols is 1. The van der Waals surface area contributed by atoms with Crippen molar-refractivity contribution in [2.75, 3.05) is 13.2 Å². The average Bonchev–Trinajstić information content (AvgIpc) is 2.21. The zero-order valence-electron chi connectivity index (χ0n) is 7.76. The minimum Gasteiger partial charge on any atom is -0.508 e. The smallest absolute Gasteiger partial charge is 0.115 e. The molecule has 0 amide bonds. The SMILES string of the molecule is OCC(O)COCc1ccc(O)cc1. The van der Waals surface area contributed by atoms with Crippen molar-refractivity contribution in [3.05, 3.63) is 29.8 Å². The van der Waals surface area contributed by atoms with Gasteiger partial charge in [0.25, 0.3) is 0 Å². The number of hydrogen-bond donors (Lipinski definition) is 3. The van der Waals surface area contributed by atoms with Gasteiger partial charge in [-0.05, 0) is 17.7 Å². The number of phenolic OH excluding ortho intramolecular Hbond substituents is 1. The first kappa shape index (κ1) is 11.0. The topological polar surface area (TPSA) is 69.9 Å². The quantitative estimate of drug-likeness (QED) is 0.634. The van der Waals surface area contributed by atoms with Crippen LogP contribution in [0.3, 0.4) is 0 Å².